The first kappa shape index (κ1) is 15.7. The molecule has 1 N–H and O–H groups in total. The SMILES string of the molecule is O=C(O)c1cc([N+](=O)[O-])c(CCC2CCOCC2)cc1Cl. The van der Waals surface area contributed by atoms with Crippen LogP contribution in [0, 0.1) is 16.0 Å². The van der Waals surface area contributed by atoms with E-state index in [4.69, 9.17) is 21.4 Å². The zero-order chi connectivity index (χ0) is 15.4. The number of carboxylic acids is 1. The van der Waals surface area contributed by atoms with Gasteiger partial charge in [-0.1, -0.05) is 11.6 Å². The third-order valence-corrected chi connectivity index (χ3v) is 4.07. The van der Waals surface area contributed by atoms with Crippen LogP contribution in [-0.2, 0) is 11.2 Å². The van der Waals surface area contributed by atoms with Crippen molar-refractivity contribution in [3.63, 3.8) is 0 Å². The molecule has 1 saturated heterocycles. The number of aryl methyl sites for hydroxylation is 1. The predicted molar refractivity (Wildman–Crippen MR) is 76.9 cm³/mol. The molecule has 1 heterocycles. The van der Waals surface area contributed by atoms with Gasteiger partial charge in [0, 0.05) is 24.8 Å². The van der Waals surface area contributed by atoms with Crippen LogP contribution in [0.1, 0.15) is 35.2 Å². The molecule has 0 aromatic heterocycles. The van der Waals surface area contributed by atoms with E-state index in [1.165, 1.54) is 6.07 Å². The summed E-state index contributed by atoms with van der Waals surface area (Å²) in [6, 6.07) is 2.45. The minimum absolute atomic E-state index is 0.0371. The summed E-state index contributed by atoms with van der Waals surface area (Å²) in [5.74, 6) is -0.782. The van der Waals surface area contributed by atoms with Gasteiger partial charge < -0.3 is 9.84 Å². The lowest BCUT2D eigenvalue weighted by Crippen LogP contribution is -2.16. The number of nitrogens with zero attached hydrogens (tertiary/aromatic N) is 1. The van der Waals surface area contributed by atoms with Crippen molar-refractivity contribution in [3.8, 4) is 0 Å². The first-order valence-electron chi connectivity index (χ1n) is 6.77. The van der Waals surface area contributed by atoms with Crippen LogP contribution in [0.3, 0.4) is 0 Å². The monoisotopic (exact) mass is 313 g/mol. The summed E-state index contributed by atoms with van der Waals surface area (Å²) in [6.07, 6.45) is 3.23. The number of benzene rings is 1. The molecule has 1 fully saturated rings. The summed E-state index contributed by atoms with van der Waals surface area (Å²) in [5.41, 5.74) is 0.0727. The lowest BCUT2D eigenvalue weighted by Gasteiger charge is -2.21. The van der Waals surface area contributed by atoms with E-state index in [2.05, 4.69) is 0 Å². The number of carboxylic acid groups (broad SMARTS) is 1. The van der Waals surface area contributed by atoms with Gasteiger partial charge in [-0.2, -0.15) is 0 Å². The van der Waals surface area contributed by atoms with E-state index in [0.717, 1.165) is 38.5 Å². The van der Waals surface area contributed by atoms with Crippen LogP contribution in [0.15, 0.2) is 12.1 Å². The molecule has 0 atom stereocenters. The lowest BCUT2D eigenvalue weighted by atomic mass is 9.92. The van der Waals surface area contributed by atoms with Crippen molar-refractivity contribution in [2.45, 2.75) is 25.7 Å². The molecule has 0 unspecified atom stereocenters. The van der Waals surface area contributed by atoms with Gasteiger partial charge in [-0.15, -0.1) is 0 Å². The van der Waals surface area contributed by atoms with Gasteiger partial charge in [0.2, 0.25) is 0 Å². The number of halogens is 1. The number of aromatic carboxylic acids is 1. The van der Waals surface area contributed by atoms with E-state index in [1.807, 2.05) is 0 Å². The first-order valence-corrected chi connectivity index (χ1v) is 7.14. The lowest BCUT2D eigenvalue weighted by molar-refractivity contribution is -0.385. The molecule has 2 rings (SSSR count). The molecule has 1 aliphatic rings. The van der Waals surface area contributed by atoms with Gasteiger partial charge in [0.15, 0.2) is 0 Å². The Balaban J connectivity index is 2.19. The molecule has 21 heavy (non-hydrogen) atoms. The average Bonchev–Trinajstić information content (AvgIpc) is 2.45. The quantitative estimate of drug-likeness (QED) is 0.665. The fourth-order valence-corrected chi connectivity index (χ4v) is 2.80. The third-order valence-electron chi connectivity index (χ3n) is 3.76. The number of rotatable bonds is 5. The van der Waals surface area contributed by atoms with Crippen LogP contribution in [0.2, 0.25) is 5.02 Å². The summed E-state index contributed by atoms with van der Waals surface area (Å²) in [4.78, 5) is 21.5. The molecule has 7 heteroatoms. The predicted octanol–water partition coefficient (Wildman–Crippen LogP) is 3.31. The Labute approximate surface area is 126 Å². The molecular weight excluding hydrogens is 298 g/mol. The molecule has 0 spiro atoms. The summed E-state index contributed by atoms with van der Waals surface area (Å²) >= 11 is 5.90. The number of ether oxygens (including phenoxy) is 1. The molecular formula is C14H16ClNO5. The van der Waals surface area contributed by atoms with Crippen molar-refractivity contribution < 1.29 is 19.6 Å². The topological polar surface area (TPSA) is 89.7 Å². The number of hydrogen-bond acceptors (Lipinski definition) is 4. The summed E-state index contributed by atoms with van der Waals surface area (Å²) in [5, 5.41) is 20.1. The molecule has 1 aliphatic heterocycles. The maximum absolute atomic E-state index is 11.1. The van der Waals surface area contributed by atoms with Crippen molar-refractivity contribution in [1.29, 1.82) is 0 Å². The molecule has 0 radical (unpaired) electrons. The maximum atomic E-state index is 11.1. The molecule has 114 valence electrons. The Morgan fingerprint density at radius 3 is 2.67 bits per heavy atom. The van der Waals surface area contributed by atoms with Crippen molar-refractivity contribution in [1.82, 2.24) is 0 Å². The highest BCUT2D eigenvalue weighted by Crippen LogP contribution is 2.30. The van der Waals surface area contributed by atoms with Crippen molar-refractivity contribution in [2.24, 2.45) is 5.92 Å². The average molecular weight is 314 g/mol. The largest absolute Gasteiger partial charge is 0.478 e. The van der Waals surface area contributed by atoms with Gasteiger partial charge >= 0.3 is 5.97 Å². The second-order valence-corrected chi connectivity index (χ2v) is 5.52. The Morgan fingerprint density at radius 1 is 1.43 bits per heavy atom. The highest BCUT2D eigenvalue weighted by atomic mass is 35.5. The van der Waals surface area contributed by atoms with Crippen molar-refractivity contribution >= 4 is 23.3 Å². The highest BCUT2D eigenvalue weighted by Gasteiger charge is 2.22. The van der Waals surface area contributed by atoms with Crippen LogP contribution in [-0.4, -0.2) is 29.2 Å². The second-order valence-electron chi connectivity index (χ2n) is 5.12. The third kappa shape index (κ3) is 3.92. The van der Waals surface area contributed by atoms with E-state index in [0.29, 0.717) is 17.9 Å². The Hall–Kier alpha value is -1.66. The summed E-state index contributed by atoms with van der Waals surface area (Å²) in [6.45, 7) is 1.46. The molecule has 0 bridgehead atoms. The summed E-state index contributed by atoms with van der Waals surface area (Å²) < 4.78 is 5.28. The smallest absolute Gasteiger partial charge is 0.337 e. The molecule has 0 amide bonds. The zero-order valence-corrected chi connectivity index (χ0v) is 12.1. The van der Waals surface area contributed by atoms with E-state index >= 15 is 0 Å². The fraction of sp³-hybridized carbons (Fsp3) is 0.500. The van der Waals surface area contributed by atoms with Crippen molar-refractivity contribution in [2.75, 3.05) is 13.2 Å². The number of hydrogen-bond donors (Lipinski definition) is 1. The Morgan fingerprint density at radius 2 is 2.10 bits per heavy atom. The standard InChI is InChI=1S/C14H16ClNO5/c15-12-7-10(2-1-9-3-5-21-6-4-9)13(16(19)20)8-11(12)14(17)18/h7-9H,1-6H2,(H,17,18). The van der Waals surface area contributed by atoms with Gasteiger partial charge in [-0.25, -0.2) is 4.79 Å². The normalized spacial score (nSPS) is 15.9. The molecule has 1 aromatic carbocycles. The van der Waals surface area contributed by atoms with Crippen LogP contribution in [0.5, 0.6) is 0 Å². The van der Waals surface area contributed by atoms with Gasteiger partial charge in [0.25, 0.3) is 5.69 Å². The maximum Gasteiger partial charge on any atom is 0.337 e. The number of carbonyl (C=O) groups is 1. The molecule has 1 aromatic rings. The minimum atomic E-state index is -1.26. The minimum Gasteiger partial charge on any atom is -0.478 e. The van der Waals surface area contributed by atoms with E-state index < -0.39 is 10.9 Å². The molecule has 0 saturated carbocycles. The van der Waals surface area contributed by atoms with Gasteiger partial charge in [-0.05, 0) is 37.7 Å². The van der Waals surface area contributed by atoms with Gasteiger partial charge in [0.1, 0.15) is 0 Å². The fourth-order valence-electron chi connectivity index (χ4n) is 2.53. The van der Waals surface area contributed by atoms with Crippen molar-refractivity contribution in [3.05, 3.63) is 38.4 Å². The zero-order valence-electron chi connectivity index (χ0n) is 11.4. The highest BCUT2D eigenvalue weighted by molar-refractivity contribution is 6.33. The number of nitro benzene ring substituents is 1. The number of nitro groups is 1. The molecule has 6 nitrogen and oxygen atoms in total. The Kier molecular flexibility index (Phi) is 5.14. The van der Waals surface area contributed by atoms with Crippen LogP contribution < -0.4 is 0 Å². The van der Waals surface area contributed by atoms with Crippen LogP contribution >= 0.6 is 11.6 Å². The van der Waals surface area contributed by atoms with E-state index in [-0.39, 0.29) is 16.3 Å². The first-order chi connectivity index (χ1) is 9.99. The van der Waals surface area contributed by atoms with Crippen LogP contribution in [0.25, 0.3) is 0 Å². The van der Waals surface area contributed by atoms with Crippen LogP contribution in [0.4, 0.5) is 5.69 Å². The summed E-state index contributed by atoms with van der Waals surface area (Å²) in [7, 11) is 0. The van der Waals surface area contributed by atoms with E-state index in [1.54, 1.807) is 0 Å². The van der Waals surface area contributed by atoms with Gasteiger partial charge in [-0.3, -0.25) is 10.1 Å². The molecule has 0 aliphatic carbocycles. The second kappa shape index (κ2) is 6.87. The van der Waals surface area contributed by atoms with Gasteiger partial charge in [0.05, 0.1) is 15.5 Å². The Bertz CT molecular complexity index is 555. The van der Waals surface area contributed by atoms with E-state index in [9.17, 15) is 14.9 Å².